The molecule has 1 atom stereocenters. The van der Waals surface area contributed by atoms with Gasteiger partial charge in [0.25, 0.3) is 0 Å². The summed E-state index contributed by atoms with van der Waals surface area (Å²) in [7, 11) is 1.78. The smallest absolute Gasteiger partial charge is 0.111 e. The molecule has 120 valence electrons. The minimum Gasteiger partial charge on any atom is -0.468 e. The van der Waals surface area contributed by atoms with Crippen molar-refractivity contribution in [1.82, 2.24) is 0 Å². The van der Waals surface area contributed by atoms with Gasteiger partial charge in [0.15, 0.2) is 0 Å². The normalized spacial score (nSPS) is 24.8. The fraction of sp³-hybridized carbons (Fsp3) is 0.421. The first-order chi connectivity index (χ1) is 11.0. The minimum atomic E-state index is -0.148. The number of methoxy groups -OCH3 is 1. The van der Waals surface area contributed by atoms with Crippen molar-refractivity contribution in [2.75, 3.05) is 7.11 Å². The van der Waals surface area contributed by atoms with Crippen molar-refractivity contribution in [3.63, 3.8) is 0 Å². The van der Waals surface area contributed by atoms with Crippen molar-refractivity contribution < 1.29 is 9.47 Å². The van der Waals surface area contributed by atoms with Gasteiger partial charge in [0.05, 0.1) is 23.8 Å². The highest BCUT2D eigenvalue weighted by Crippen LogP contribution is 2.48. The van der Waals surface area contributed by atoms with Gasteiger partial charge in [-0.1, -0.05) is 29.8 Å². The Morgan fingerprint density at radius 1 is 1.35 bits per heavy atom. The second kappa shape index (κ2) is 5.32. The molecule has 0 bridgehead atoms. The molecule has 0 saturated carbocycles. The molecule has 0 saturated heterocycles. The molecule has 1 unspecified atom stereocenters. The summed E-state index contributed by atoms with van der Waals surface area (Å²) < 4.78 is 12.8. The lowest BCUT2D eigenvalue weighted by molar-refractivity contribution is 0.111. The number of hydrogen-bond acceptors (Lipinski definition) is 3. The molecule has 2 aliphatic heterocycles. The molecule has 0 N–H and O–H groups in total. The third-order valence-corrected chi connectivity index (χ3v) is 5.64. The lowest BCUT2D eigenvalue weighted by Crippen LogP contribution is -2.37. The Bertz CT molecular complexity index is 774. The van der Waals surface area contributed by atoms with Gasteiger partial charge in [-0.15, -0.1) is 0 Å². The number of nitrogens with zero attached hydrogens (tertiary/aromatic N) is 1. The number of hydrogen-bond donors (Lipinski definition) is 0. The molecule has 0 amide bonds. The lowest BCUT2D eigenvalue weighted by atomic mass is 9.70. The van der Waals surface area contributed by atoms with Crippen LogP contribution in [0.15, 0.2) is 50.8 Å². The number of ether oxygens (including phenoxy) is 2. The molecular weight excluding hydrogens is 354 g/mol. The number of halogens is 1. The number of fused-ring (bicyclic) bond motifs is 3. The van der Waals surface area contributed by atoms with Crippen molar-refractivity contribution in [1.29, 1.82) is 0 Å². The molecule has 4 rings (SSSR count). The predicted octanol–water partition coefficient (Wildman–Crippen LogP) is 5.18. The van der Waals surface area contributed by atoms with Crippen LogP contribution >= 0.6 is 15.9 Å². The van der Waals surface area contributed by atoms with E-state index in [1.807, 2.05) is 6.26 Å². The molecule has 0 fully saturated rings. The van der Waals surface area contributed by atoms with Gasteiger partial charge in [-0.05, 0) is 36.6 Å². The van der Waals surface area contributed by atoms with Crippen molar-refractivity contribution in [3.8, 4) is 0 Å². The molecule has 0 spiro atoms. The molecule has 3 nitrogen and oxygen atoms in total. The summed E-state index contributed by atoms with van der Waals surface area (Å²) in [6, 6.07) is 6.30. The Morgan fingerprint density at radius 2 is 2.17 bits per heavy atom. The van der Waals surface area contributed by atoms with Crippen molar-refractivity contribution in [3.05, 3.63) is 51.4 Å². The summed E-state index contributed by atoms with van der Waals surface area (Å²) in [6.45, 7) is 4.47. The first kappa shape index (κ1) is 15.2. The van der Waals surface area contributed by atoms with Crippen LogP contribution in [0.25, 0.3) is 0 Å². The monoisotopic (exact) mass is 373 g/mol. The van der Waals surface area contributed by atoms with E-state index < -0.39 is 0 Å². The van der Waals surface area contributed by atoms with Crippen LogP contribution in [-0.4, -0.2) is 18.9 Å². The molecule has 1 aliphatic carbocycles. The molecule has 23 heavy (non-hydrogen) atoms. The molecule has 4 heteroatoms. The first-order valence-electron chi connectivity index (χ1n) is 8.05. The fourth-order valence-electron chi connectivity index (χ4n) is 3.82. The maximum atomic E-state index is 6.01. The maximum absolute atomic E-state index is 6.01. The topological polar surface area (TPSA) is 30.8 Å². The average Bonchev–Trinajstić information content (AvgIpc) is 2.55. The summed E-state index contributed by atoms with van der Waals surface area (Å²) in [6.07, 6.45) is 5.07. The largest absolute Gasteiger partial charge is 0.468 e. The van der Waals surface area contributed by atoms with E-state index in [0.29, 0.717) is 0 Å². The maximum Gasteiger partial charge on any atom is 0.111 e. The van der Waals surface area contributed by atoms with Gasteiger partial charge < -0.3 is 9.47 Å². The summed E-state index contributed by atoms with van der Waals surface area (Å²) in [5.41, 5.74) is 5.46. The van der Waals surface area contributed by atoms with Crippen LogP contribution in [0.3, 0.4) is 0 Å². The Labute approximate surface area is 145 Å². The predicted molar refractivity (Wildman–Crippen MR) is 95.1 cm³/mol. The standard InChI is InChI=1S/C19H20BrNO2/c1-19(2)12-9-11(20)7-8-14(12)21-18-13(19)10-23-16-6-4-5-15(22-3)17(16)18/h7-10,15H,4-6H2,1-3H3. The second-order valence-corrected chi connectivity index (χ2v) is 7.77. The van der Waals surface area contributed by atoms with Crippen LogP contribution < -0.4 is 0 Å². The first-order valence-corrected chi connectivity index (χ1v) is 8.84. The van der Waals surface area contributed by atoms with E-state index in [1.54, 1.807) is 7.11 Å². The minimum absolute atomic E-state index is 0.0778. The van der Waals surface area contributed by atoms with Crippen molar-refractivity contribution >= 4 is 27.3 Å². The second-order valence-electron chi connectivity index (χ2n) is 6.85. The lowest BCUT2D eigenvalue weighted by Gasteiger charge is -2.40. The summed E-state index contributed by atoms with van der Waals surface area (Å²) in [5, 5.41) is 0. The van der Waals surface area contributed by atoms with Gasteiger partial charge in [-0.25, -0.2) is 4.99 Å². The van der Waals surface area contributed by atoms with E-state index in [4.69, 9.17) is 14.5 Å². The summed E-state index contributed by atoms with van der Waals surface area (Å²) >= 11 is 3.58. The highest BCUT2D eigenvalue weighted by atomic mass is 79.9. The van der Waals surface area contributed by atoms with Gasteiger partial charge in [0, 0.05) is 34.6 Å². The molecule has 1 aromatic rings. The number of aliphatic imine (C=N–C) groups is 1. The fourth-order valence-corrected chi connectivity index (χ4v) is 4.18. The van der Waals surface area contributed by atoms with Gasteiger partial charge in [0.2, 0.25) is 0 Å². The zero-order chi connectivity index (χ0) is 16.2. The Morgan fingerprint density at radius 3 is 2.96 bits per heavy atom. The molecule has 1 aromatic carbocycles. The van der Waals surface area contributed by atoms with Gasteiger partial charge in [0.1, 0.15) is 5.76 Å². The average molecular weight is 374 g/mol. The SMILES string of the molecule is COC1CCCC2=C1C1=Nc3ccc(Br)cc3C(C)(C)C1=CO2. The molecule has 2 heterocycles. The van der Waals surface area contributed by atoms with E-state index in [2.05, 4.69) is 48.0 Å². The van der Waals surface area contributed by atoms with Gasteiger partial charge in [-0.2, -0.15) is 0 Å². The highest BCUT2D eigenvalue weighted by molar-refractivity contribution is 9.10. The van der Waals surface area contributed by atoms with Crippen molar-refractivity contribution in [2.24, 2.45) is 4.99 Å². The van der Waals surface area contributed by atoms with Crippen LogP contribution in [-0.2, 0) is 14.9 Å². The number of allylic oxidation sites excluding steroid dienone is 2. The molecular formula is C19H20BrNO2. The van der Waals surface area contributed by atoms with Crippen LogP contribution in [0.4, 0.5) is 5.69 Å². The highest BCUT2D eigenvalue weighted by Gasteiger charge is 2.42. The van der Waals surface area contributed by atoms with Crippen LogP contribution in [0.1, 0.15) is 38.7 Å². The third-order valence-electron chi connectivity index (χ3n) is 5.14. The summed E-state index contributed by atoms with van der Waals surface area (Å²) in [5.74, 6) is 1.03. The zero-order valence-electron chi connectivity index (χ0n) is 13.6. The van der Waals surface area contributed by atoms with E-state index in [1.165, 1.54) is 5.56 Å². The van der Waals surface area contributed by atoms with Crippen molar-refractivity contribution in [2.45, 2.75) is 44.6 Å². The van der Waals surface area contributed by atoms with E-state index >= 15 is 0 Å². The van der Waals surface area contributed by atoms with E-state index in [-0.39, 0.29) is 11.5 Å². The van der Waals surface area contributed by atoms with Crippen LogP contribution in [0.2, 0.25) is 0 Å². The van der Waals surface area contributed by atoms with E-state index in [0.717, 1.165) is 52.0 Å². The Hall–Kier alpha value is -1.39. The Kier molecular flexibility index (Phi) is 3.50. The third kappa shape index (κ3) is 2.23. The quantitative estimate of drug-likeness (QED) is 0.678. The van der Waals surface area contributed by atoms with E-state index in [9.17, 15) is 0 Å². The zero-order valence-corrected chi connectivity index (χ0v) is 15.2. The van der Waals surface area contributed by atoms with Gasteiger partial charge in [-0.3, -0.25) is 0 Å². The van der Waals surface area contributed by atoms with Crippen LogP contribution in [0.5, 0.6) is 0 Å². The molecule has 0 radical (unpaired) electrons. The molecule has 3 aliphatic rings. The van der Waals surface area contributed by atoms with Crippen LogP contribution in [0, 0.1) is 0 Å². The molecule has 0 aromatic heterocycles. The number of benzene rings is 1. The van der Waals surface area contributed by atoms with Gasteiger partial charge >= 0.3 is 0 Å². The Balaban J connectivity index is 1.94. The summed E-state index contributed by atoms with van der Waals surface area (Å²) in [4.78, 5) is 5.00. The number of rotatable bonds is 1.